The zero-order valence-electron chi connectivity index (χ0n) is 20.3. The van der Waals surface area contributed by atoms with Crippen molar-refractivity contribution in [2.24, 2.45) is 11.3 Å². The summed E-state index contributed by atoms with van der Waals surface area (Å²) in [5.74, 6) is -1.50. The lowest BCUT2D eigenvalue weighted by Crippen LogP contribution is -2.47. The van der Waals surface area contributed by atoms with Crippen LogP contribution >= 0.6 is 0 Å². The number of carbonyl (C=O) groups excluding carboxylic acids is 1. The van der Waals surface area contributed by atoms with Crippen LogP contribution in [0, 0.1) is 11.3 Å². The third kappa shape index (κ3) is 6.73. The van der Waals surface area contributed by atoms with Gasteiger partial charge in [-0.25, -0.2) is 4.79 Å². The number of carboxylic acid groups (broad SMARTS) is 2. The van der Waals surface area contributed by atoms with E-state index in [1.165, 1.54) is 5.56 Å². The Morgan fingerprint density at radius 3 is 2.31 bits per heavy atom. The van der Waals surface area contributed by atoms with Crippen molar-refractivity contribution in [3.8, 4) is 0 Å². The highest BCUT2D eigenvalue weighted by Crippen LogP contribution is 2.36. The van der Waals surface area contributed by atoms with Crippen molar-refractivity contribution in [2.75, 3.05) is 45.8 Å². The van der Waals surface area contributed by atoms with Crippen LogP contribution in [0.5, 0.6) is 0 Å². The van der Waals surface area contributed by atoms with E-state index in [9.17, 15) is 19.5 Å². The minimum Gasteiger partial charge on any atom is -0.481 e. The Kier molecular flexibility index (Phi) is 8.28. The first-order valence-electron chi connectivity index (χ1n) is 12.7. The van der Waals surface area contributed by atoms with Crippen LogP contribution in [-0.4, -0.2) is 94.9 Å². The predicted molar refractivity (Wildman–Crippen MR) is 129 cm³/mol. The Hall–Kier alpha value is -2.65. The number of piperidine rings is 2. The monoisotopic (exact) mass is 487 g/mol. The van der Waals surface area contributed by atoms with E-state index in [2.05, 4.69) is 34.1 Å². The number of hydrogen-bond acceptors (Lipinski definition) is 6. The normalized spacial score (nSPS) is 23.8. The van der Waals surface area contributed by atoms with Gasteiger partial charge in [-0.1, -0.05) is 30.3 Å². The maximum atomic E-state index is 12.4. The molecular weight excluding hydrogens is 450 g/mol. The second kappa shape index (κ2) is 11.4. The number of carbonyl (C=O) groups is 3. The van der Waals surface area contributed by atoms with Gasteiger partial charge in [0.25, 0.3) is 0 Å². The van der Waals surface area contributed by atoms with E-state index in [0.717, 1.165) is 38.9 Å². The zero-order chi connectivity index (χ0) is 24.8. The van der Waals surface area contributed by atoms with Crippen molar-refractivity contribution in [3.05, 3.63) is 35.9 Å². The van der Waals surface area contributed by atoms with Crippen LogP contribution in [0.3, 0.4) is 0 Å². The van der Waals surface area contributed by atoms with Gasteiger partial charge >= 0.3 is 18.0 Å². The molecule has 1 atom stereocenters. The molecule has 0 radical (unpaired) electrons. The smallest absolute Gasteiger partial charge is 0.410 e. The largest absolute Gasteiger partial charge is 0.481 e. The first-order chi connectivity index (χ1) is 16.8. The van der Waals surface area contributed by atoms with Crippen LogP contribution in [0.25, 0.3) is 0 Å². The predicted octanol–water partition coefficient (Wildman–Crippen LogP) is 2.75. The van der Waals surface area contributed by atoms with Crippen molar-refractivity contribution in [2.45, 2.75) is 51.2 Å². The molecule has 1 aromatic rings. The average molecular weight is 488 g/mol. The molecule has 3 fully saturated rings. The average Bonchev–Trinajstić information content (AvgIpc) is 3.19. The minimum absolute atomic E-state index is 0.230. The highest BCUT2D eigenvalue weighted by atomic mass is 16.6. The standard InChI is InChI=1S/C26H37N3O6/c30-23(31)16-26(24(32)33)9-14-28(15-10-26)18-22-19-29(25(34)35-22)13-8-20-6-11-27(12-7-20)17-21-4-2-1-3-5-21/h1-5,20,22H,6-19H2,(H,30,31)(H,32,33). The lowest BCUT2D eigenvalue weighted by molar-refractivity contribution is -0.159. The molecule has 4 rings (SSSR count). The molecule has 0 bridgehead atoms. The molecule has 1 amide bonds. The number of ether oxygens (including phenoxy) is 1. The van der Waals surface area contributed by atoms with E-state index in [0.29, 0.717) is 51.5 Å². The van der Waals surface area contributed by atoms with E-state index < -0.39 is 17.4 Å². The molecule has 9 heteroatoms. The fourth-order valence-electron chi connectivity index (χ4n) is 5.67. The molecule has 1 unspecified atom stereocenters. The number of likely N-dealkylation sites (tertiary alicyclic amines) is 2. The van der Waals surface area contributed by atoms with Crippen LogP contribution in [-0.2, 0) is 20.9 Å². The lowest BCUT2D eigenvalue weighted by Gasteiger charge is -2.38. The van der Waals surface area contributed by atoms with Gasteiger partial charge in [0.2, 0.25) is 0 Å². The third-order valence-corrected chi connectivity index (χ3v) is 7.93. The van der Waals surface area contributed by atoms with Crippen molar-refractivity contribution < 1.29 is 29.3 Å². The highest BCUT2D eigenvalue weighted by molar-refractivity contribution is 5.81. The van der Waals surface area contributed by atoms with Crippen molar-refractivity contribution in [1.29, 1.82) is 0 Å². The Bertz CT molecular complexity index is 878. The number of hydrogen-bond donors (Lipinski definition) is 2. The first kappa shape index (κ1) is 25.4. The third-order valence-electron chi connectivity index (χ3n) is 7.93. The van der Waals surface area contributed by atoms with E-state index in [1.54, 1.807) is 4.90 Å². The molecule has 1 aromatic carbocycles. The van der Waals surface area contributed by atoms with Crippen molar-refractivity contribution >= 4 is 18.0 Å². The van der Waals surface area contributed by atoms with Crippen LogP contribution in [0.2, 0.25) is 0 Å². The van der Waals surface area contributed by atoms with E-state index in [4.69, 9.17) is 9.84 Å². The number of benzene rings is 1. The topological polar surface area (TPSA) is 111 Å². The van der Waals surface area contributed by atoms with Crippen LogP contribution in [0.15, 0.2) is 30.3 Å². The lowest BCUT2D eigenvalue weighted by atomic mass is 9.75. The van der Waals surface area contributed by atoms with Gasteiger partial charge in [0.15, 0.2) is 0 Å². The molecule has 35 heavy (non-hydrogen) atoms. The molecule has 0 aromatic heterocycles. The number of rotatable bonds is 10. The highest BCUT2D eigenvalue weighted by Gasteiger charge is 2.44. The fraction of sp³-hybridized carbons (Fsp3) is 0.654. The van der Waals surface area contributed by atoms with E-state index in [-0.39, 0.29) is 18.6 Å². The summed E-state index contributed by atoms with van der Waals surface area (Å²) < 4.78 is 5.59. The van der Waals surface area contributed by atoms with Crippen LogP contribution < -0.4 is 0 Å². The number of nitrogens with zero attached hydrogens (tertiary/aromatic N) is 3. The number of cyclic esters (lactones) is 1. The van der Waals surface area contributed by atoms with Gasteiger partial charge in [-0.2, -0.15) is 0 Å². The molecule has 0 spiro atoms. The van der Waals surface area contributed by atoms with E-state index >= 15 is 0 Å². The number of amides is 1. The number of carboxylic acids is 2. The van der Waals surface area contributed by atoms with Gasteiger partial charge in [0.1, 0.15) is 6.10 Å². The minimum atomic E-state index is -1.20. The van der Waals surface area contributed by atoms with Gasteiger partial charge < -0.3 is 19.8 Å². The first-order valence-corrected chi connectivity index (χ1v) is 12.7. The SMILES string of the molecule is O=C(O)CC1(C(=O)O)CCN(CC2CN(CCC3CCN(Cc4ccccc4)CC3)C(=O)O2)CC1. The molecule has 9 nitrogen and oxygen atoms in total. The molecule has 2 N–H and O–H groups in total. The Labute approximate surface area is 206 Å². The van der Waals surface area contributed by atoms with Crippen LogP contribution in [0.1, 0.15) is 44.1 Å². The Balaban J connectivity index is 1.16. The van der Waals surface area contributed by atoms with Gasteiger partial charge in [0.05, 0.1) is 18.4 Å². The van der Waals surface area contributed by atoms with Gasteiger partial charge in [-0.3, -0.25) is 19.4 Å². The van der Waals surface area contributed by atoms with Crippen molar-refractivity contribution in [3.63, 3.8) is 0 Å². The summed E-state index contributed by atoms with van der Waals surface area (Å²) in [5, 5.41) is 18.7. The second-order valence-electron chi connectivity index (χ2n) is 10.4. The molecule has 0 aliphatic carbocycles. The fourth-order valence-corrected chi connectivity index (χ4v) is 5.67. The van der Waals surface area contributed by atoms with Gasteiger partial charge in [-0.05, 0) is 69.8 Å². The summed E-state index contributed by atoms with van der Waals surface area (Å²) in [7, 11) is 0. The summed E-state index contributed by atoms with van der Waals surface area (Å²) >= 11 is 0. The van der Waals surface area contributed by atoms with Gasteiger partial charge in [-0.15, -0.1) is 0 Å². The molecule has 3 saturated heterocycles. The van der Waals surface area contributed by atoms with Crippen LogP contribution in [0.4, 0.5) is 4.79 Å². The molecule has 0 saturated carbocycles. The summed E-state index contributed by atoms with van der Waals surface area (Å²) in [6.45, 7) is 5.98. The molecular formula is C26H37N3O6. The maximum absolute atomic E-state index is 12.4. The van der Waals surface area contributed by atoms with Gasteiger partial charge in [0, 0.05) is 19.6 Å². The molecule has 3 aliphatic rings. The molecule has 3 aliphatic heterocycles. The maximum Gasteiger partial charge on any atom is 0.410 e. The summed E-state index contributed by atoms with van der Waals surface area (Å²) in [4.78, 5) is 41.6. The Morgan fingerprint density at radius 1 is 1.00 bits per heavy atom. The summed E-state index contributed by atoms with van der Waals surface area (Å²) in [5.41, 5.74) is 0.151. The molecule has 192 valence electrons. The molecule has 3 heterocycles. The summed E-state index contributed by atoms with van der Waals surface area (Å²) in [6.07, 6.45) is 3.02. The van der Waals surface area contributed by atoms with Crippen molar-refractivity contribution in [1.82, 2.24) is 14.7 Å². The Morgan fingerprint density at radius 2 is 1.69 bits per heavy atom. The quantitative estimate of drug-likeness (QED) is 0.518. The zero-order valence-corrected chi connectivity index (χ0v) is 20.3. The number of aliphatic carboxylic acids is 2. The second-order valence-corrected chi connectivity index (χ2v) is 10.4. The summed E-state index contributed by atoms with van der Waals surface area (Å²) in [6, 6.07) is 10.5. The van der Waals surface area contributed by atoms with E-state index in [1.807, 2.05) is 6.07 Å².